The molecule has 1 N–H and O–H groups in total. The lowest BCUT2D eigenvalue weighted by molar-refractivity contribution is -0.115. The van der Waals surface area contributed by atoms with E-state index < -0.39 is 0 Å². The first-order chi connectivity index (χ1) is 14.8. The lowest BCUT2D eigenvalue weighted by Crippen LogP contribution is -2.28. The van der Waals surface area contributed by atoms with Crippen LogP contribution in [0.1, 0.15) is 32.4 Å². The highest BCUT2D eigenvalue weighted by Gasteiger charge is 2.34. The van der Waals surface area contributed by atoms with Crippen LogP contribution in [-0.4, -0.2) is 17.6 Å². The number of carbonyl (C=O) groups is 2. The summed E-state index contributed by atoms with van der Waals surface area (Å²) in [6, 6.07) is 18.4. The molecule has 1 atom stereocenters. The molecule has 0 aromatic heterocycles. The van der Waals surface area contributed by atoms with Crippen molar-refractivity contribution in [2.45, 2.75) is 19.2 Å². The Balaban J connectivity index is 1.60. The topological polar surface area (TPSA) is 49.4 Å². The van der Waals surface area contributed by atoms with Crippen molar-refractivity contribution in [3.05, 3.63) is 93.0 Å². The molecular formula is C24H20Cl2N2O2S. The van der Waals surface area contributed by atoms with Gasteiger partial charge in [0.1, 0.15) is 5.37 Å². The number of halogens is 2. The van der Waals surface area contributed by atoms with Crippen molar-refractivity contribution in [1.82, 2.24) is 0 Å². The van der Waals surface area contributed by atoms with E-state index in [9.17, 15) is 9.59 Å². The van der Waals surface area contributed by atoms with Crippen LogP contribution in [0.15, 0.2) is 60.7 Å². The van der Waals surface area contributed by atoms with E-state index in [2.05, 4.69) is 12.2 Å². The molecule has 1 fully saturated rings. The summed E-state index contributed by atoms with van der Waals surface area (Å²) < 4.78 is 0. The zero-order valence-electron chi connectivity index (χ0n) is 17.0. The molecule has 1 aliphatic rings. The maximum atomic E-state index is 12.7. The number of rotatable bonds is 4. The van der Waals surface area contributed by atoms with Gasteiger partial charge in [0, 0.05) is 16.4 Å². The average Bonchev–Trinajstić information content (AvgIpc) is 3.11. The second-order valence-corrected chi connectivity index (χ2v) is 9.31. The summed E-state index contributed by atoms with van der Waals surface area (Å²) in [5.41, 5.74) is 5.12. The first-order valence-electron chi connectivity index (χ1n) is 9.71. The fourth-order valence-corrected chi connectivity index (χ4v) is 5.13. The number of thioether (sulfide) groups is 1. The summed E-state index contributed by atoms with van der Waals surface area (Å²) in [6.45, 7) is 4.09. The number of hydrogen-bond donors (Lipinski definition) is 1. The fraction of sp³-hybridized carbons (Fsp3) is 0.167. The predicted octanol–water partition coefficient (Wildman–Crippen LogP) is 6.64. The first-order valence-corrected chi connectivity index (χ1v) is 11.5. The molecule has 4 rings (SSSR count). The molecule has 0 bridgehead atoms. The Hall–Kier alpha value is -2.47. The van der Waals surface area contributed by atoms with Crippen LogP contribution in [0.3, 0.4) is 0 Å². The SMILES string of the molecule is Cc1ccc(N2C(=O)CS[C@H]2c2cccc(NC(=O)c3ccc(Cl)cc3Cl)c2)cc1C. The Kier molecular flexibility index (Phi) is 6.28. The Labute approximate surface area is 195 Å². The maximum absolute atomic E-state index is 12.7. The summed E-state index contributed by atoms with van der Waals surface area (Å²) in [7, 11) is 0. The van der Waals surface area contributed by atoms with Crippen molar-refractivity contribution in [2.24, 2.45) is 0 Å². The van der Waals surface area contributed by atoms with E-state index in [0.717, 1.165) is 16.8 Å². The molecule has 2 amide bonds. The Morgan fingerprint density at radius 3 is 2.58 bits per heavy atom. The highest BCUT2D eigenvalue weighted by Crippen LogP contribution is 2.42. The lowest BCUT2D eigenvalue weighted by atomic mass is 10.1. The van der Waals surface area contributed by atoms with Crippen molar-refractivity contribution in [3.8, 4) is 0 Å². The standard InChI is InChI=1S/C24H20Cl2N2O2S/c1-14-6-8-19(10-15(14)2)28-22(29)13-31-24(28)16-4-3-5-18(11-16)27-23(30)20-9-7-17(25)12-21(20)26/h3-12,24H,13H2,1-2H3,(H,27,30)/t24-/m0/s1. The number of amides is 2. The van der Waals surface area contributed by atoms with Gasteiger partial charge in [-0.2, -0.15) is 0 Å². The maximum Gasteiger partial charge on any atom is 0.257 e. The molecule has 0 unspecified atom stereocenters. The summed E-state index contributed by atoms with van der Waals surface area (Å²) in [5, 5.41) is 3.49. The number of anilines is 2. The highest BCUT2D eigenvalue weighted by atomic mass is 35.5. The molecule has 0 aliphatic carbocycles. The third-order valence-corrected chi connectivity index (χ3v) is 7.00. The highest BCUT2D eigenvalue weighted by molar-refractivity contribution is 8.00. The van der Waals surface area contributed by atoms with Gasteiger partial charge in [0.15, 0.2) is 0 Å². The van der Waals surface area contributed by atoms with Gasteiger partial charge in [0.25, 0.3) is 5.91 Å². The molecule has 0 spiro atoms. The second-order valence-electron chi connectivity index (χ2n) is 7.40. The van der Waals surface area contributed by atoms with E-state index >= 15 is 0 Å². The van der Waals surface area contributed by atoms with Gasteiger partial charge in [-0.25, -0.2) is 0 Å². The van der Waals surface area contributed by atoms with E-state index in [1.165, 1.54) is 11.6 Å². The summed E-state index contributed by atoms with van der Waals surface area (Å²) in [5.74, 6) is 0.162. The van der Waals surface area contributed by atoms with Crippen LogP contribution in [-0.2, 0) is 4.79 Å². The summed E-state index contributed by atoms with van der Waals surface area (Å²) >= 11 is 13.7. The van der Waals surface area contributed by atoms with Crippen molar-refractivity contribution in [1.29, 1.82) is 0 Å². The Morgan fingerprint density at radius 1 is 1.03 bits per heavy atom. The number of nitrogens with zero attached hydrogens (tertiary/aromatic N) is 1. The molecule has 3 aromatic carbocycles. The predicted molar refractivity (Wildman–Crippen MR) is 129 cm³/mol. The quantitative estimate of drug-likeness (QED) is 0.464. The van der Waals surface area contributed by atoms with Crippen LogP contribution in [0.25, 0.3) is 0 Å². The molecule has 4 nitrogen and oxygen atoms in total. The largest absolute Gasteiger partial charge is 0.322 e. The van der Waals surface area contributed by atoms with Gasteiger partial charge in [-0.3, -0.25) is 14.5 Å². The third-order valence-electron chi connectivity index (χ3n) is 5.24. The lowest BCUT2D eigenvalue weighted by Gasteiger charge is -2.25. The van der Waals surface area contributed by atoms with Gasteiger partial charge in [-0.1, -0.05) is 41.4 Å². The number of aryl methyl sites for hydroxylation is 2. The minimum Gasteiger partial charge on any atom is -0.322 e. The minimum atomic E-state index is -0.319. The number of nitrogens with one attached hydrogen (secondary N) is 1. The first kappa shape index (κ1) is 21.8. The normalized spacial score (nSPS) is 15.9. The van der Waals surface area contributed by atoms with Crippen LogP contribution in [0.4, 0.5) is 11.4 Å². The van der Waals surface area contributed by atoms with Gasteiger partial charge in [0.05, 0.1) is 16.3 Å². The molecule has 3 aromatic rings. The monoisotopic (exact) mass is 470 g/mol. The van der Waals surface area contributed by atoms with E-state index in [1.54, 1.807) is 23.9 Å². The van der Waals surface area contributed by atoms with Crippen LogP contribution >= 0.6 is 35.0 Å². The summed E-state index contributed by atoms with van der Waals surface area (Å²) in [6.07, 6.45) is 0. The third kappa shape index (κ3) is 4.59. The van der Waals surface area contributed by atoms with Crippen LogP contribution in [0, 0.1) is 13.8 Å². The van der Waals surface area contributed by atoms with Crippen molar-refractivity contribution in [2.75, 3.05) is 16.0 Å². The molecule has 1 aliphatic heterocycles. The van der Waals surface area contributed by atoms with Crippen LogP contribution in [0.2, 0.25) is 10.0 Å². The molecule has 31 heavy (non-hydrogen) atoms. The van der Waals surface area contributed by atoms with Gasteiger partial charge in [-0.15, -0.1) is 11.8 Å². The zero-order chi connectivity index (χ0) is 22.1. The molecular weight excluding hydrogens is 451 g/mol. The average molecular weight is 471 g/mol. The van der Waals surface area contributed by atoms with Gasteiger partial charge in [0.2, 0.25) is 5.91 Å². The van der Waals surface area contributed by atoms with E-state index in [4.69, 9.17) is 23.2 Å². The molecule has 1 saturated heterocycles. The molecule has 0 saturated carbocycles. The van der Waals surface area contributed by atoms with Gasteiger partial charge < -0.3 is 5.32 Å². The summed E-state index contributed by atoms with van der Waals surface area (Å²) in [4.78, 5) is 27.2. The van der Waals surface area contributed by atoms with Crippen LogP contribution in [0.5, 0.6) is 0 Å². The smallest absolute Gasteiger partial charge is 0.257 e. The van der Waals surface area contributed by atoms with Crippen molar-refractivity contribution in [3.63, 3.8) is 0 Å². The molecule has 158 valence electrons. The molecule has 7 heteroatoms. The van der Waals surface area contributed by atoms with Crippen LogP contribution < -0.4 is 10.2 Å². The Morgan fingerprint density at radius 2 is 1.84 bits per heavy atom. The number of carbonyl (C=O) groups excluding carboxylic acids is 2. The minimum absolute atomic E-state index is 0.0700. The van der Waals surface area contributed by atoms with Crippen molar-refractivity contribution >= 4 is 58.2 Å². The van der Waals surface area contributed by atoms with Crippen molar-refractivity contribution < 1.29 is 9.59 Å². The fourth-order valence-electron chi connectivity index (χ4n) is 3.47. The van der Waals surface area contributed by atoms with E-state index in [0.29, 0.717) is 27.0 Å². The number of hydrogen-bond acceptors (Lipinski definition) is 3. The van der Waals surface area contributed by atoms with E-state index in [1.807, 2.05) is 54.3 Å². The zero-order valence-corrected chi connectivity index (χ0v) is 19.3. The second kappa shape index (κ2) is 8.95. The number of benzene rings is 3. The molecule has 0 radical (unpaired) electrons. The van der Waals surface area contributed by atoms with Gasteiger partial charge in [-0.05, 0) is 73.0 Å². The molecule has 1 heterocycles. The van der Waals surface area contributed by atoms with E-state index in [-0.39, 0.29) is 17.2 Å². The van der Waals surface area contributed by atoms with Gasteiger partial charge >= 0.3 is 0 Å². The Bertz CT molecular complexity index is 1180.